The first-order chi connectivity index (χ1) is 17.2. The number of alkyl halides is 3. The lowest BCUT2D eigenvalue weighted by atomic mass is 10.2. The lowest BCUT2D eigenvalue weighted by Crippen LogP contribution is -2.26. The van der Waals surface area contributed by atoms with Gasteiger partial charge in [-0.25, -0.2) is 4.79 Å². The second-order valence-corrected chi connectivity index (χ2v) is 8.21. The minimum atomic E-state index is -4.57. The molecule has 0 fully saturated rings. The van der Waals surface area contributed by atoms with Crippen LogP contribution in [-0.2, 0) is 15.7 Å². The minimum absolute atomic E-state index is 0.00339. The molecule has 0 aliphatic heterocycles. The monoisotopic (exact) mass is 517 g/mol. The summed E-state index contributed by atoms with van der Waals surface area (Å²) in [4.78, 5) is 38.4. The number of nitrogens with one attached hydrogen (secondary N) is 1. The maximum absolute atomic E-state index is 13.3. The highest BCUT2D eigenvalue weighted by Gasteiger charge is 2.30. The number of hydrogen-bond acceptors (Lipinski definition) is 7. The molecular formula is C24H18F3N3O5S. The number of benzene rings is 2. The molecule has 0 saturated carbocycles. The van der Waals surface area contributed by atoms with Gasteiger partial charge in [-0.1, -0.05) is 18.2 Å². The highest BCUT2D eigenvalue weighted by molar-refractivity contribution is 7.16. The number of para-hydroxylation sites is 1. The lowest BCUT2D eigenvalue weighted by Gasteiger charge is -2.11. The van der Waals surface area contributed by atoms with E-state index in [1.54, 1.807) is 37.3 Å². The average molecular weight is 517 g/mol. The topological polar surface area (TPSA) is 99.5 Å². The molecule has 0 aliphatic carbocycles. The first-order valence-electron chi connectivity index (χ1n) is 10.6. The molecule has 36 heavy (non-hydrogen) atoms. The van der Waals surface area contributed by atoms with E-state index in [1.807, 2.05) is 0 Å². The maximum Gasteiger partial charge on any atom is 0.416 e. The van der Waals surface area contributed by atoms with Gasteiger partial charge >= 0.3 is 12.1 Å². The third-order valence-electron chi connectivity index (χ3n) is 4.93. The van der Waals surface area contributed by atoms with Gasteiger partial charge in [0.05, 0.1) is 23.2 Å². The second-order valence-electron chi connectivity index (χ2n) is 7.33. The van der Waals surface area contributed by atoms with Crippen LogP contribution >= 0.6 is 11.3 Å². The third kappa shape index (κ3) is 5.23. The van der Waals surface area contributed by atoms with Crippen molar-refractivity contribution in [3.8, 4) is 11.4 Å². The van der Waals surface area contributed by atoms with E-state index in [9.17, 15) is 27.6 Å². The van der Waals surface area contributed by atoms with E-state index in [4.69, 9.17) is 9.47 Å². The second kappa shape index (κ2) is 10.2. The van der Waals surface area contributed by atoms with Crippen LogP contribution in [0.5, 0.6) is 5.75 Å². The standard InChI is InChI=1S/C24H18F3N3O5S/c1-2-34-23(33)20-17-13-36-21(28-18(31)12-35-16-6-4-3-5-7-16)19(17)22(32)30(29-20)15-10-8-14(9-11-15)24(25,26)27/h3-11,13H,2,12H2,1H3,(H,28,31). The highest BCUT2D eigenvalue weighted by atomic mass is 32.1. The molecule has 0 saturated heterocycles. The average Bonchev–Trinajstić information content (AvgIpc) is 3.27. The molecule has 8 nitrogen and oxygen atoms in total. The highest BCUT2D eigenvalue weighted by Crippen LogP contribution is 2.32. The van der Waals surface area contributed by atoms with E-state index in [-0.39, 0.29) is 40.4 Å². The Morgan fingerprint density at radius 2 is 1.78 bits per heavy atom. The summed E-state index contributed by atoms with van der Waals surface area (Å²) in [7, 11) is 0. The van der Waals surface area contributed by atoms with E-state index in [0.717, 1.165) is 40.3 Å². The summed E-state index contributed by atoms with van der Waals surface area (Å²) in [6.45, 7) is 1.28. The summed E-state index contributed by atoms with van der Waals surface area (Å²) in [6, 6.07) is 12.4. The molecule has 4 rings (SSSR count). The summed E-state index contributed by atoms with van der Waals surface area (Å²) in [6.07, 6.45) is -4.57. The van der Waals surface area contributed by atoms with Gasteiger partial charge in [-0.2, -0.15) is 23.0 Å². The van der Waals surface area contributed by atoms with Gasteiger partial charge in [-0.3, -0.25) is 9.59 Å². The number of esters is 1. The van der Waals surface area contributed by atoms with E-state index in [1.165, 1.54) is 5.38 Å². The smallest absolute Gasteiger partial charge is 0.416 e. The Bertz CT molecular complexity index is 1460. The Hall–Kier alpha value is -4.19. The molecule has 2 aromatic carbocycles. The number of carbonyl (C=O) groups excluding carboxylic acids is 2. The molecule has 1 N–H and O–H groups in total. The van der Waals surface area contributed by atoms with E-state index < -0.39 is 29.2 Å². The number of ether oxygens (including phenoxy) is 2. The fourth-order valence-electron chi connectivity index (χ4n) is 3.29. The number of hydrogen-bond donors (Lipinski definition) is 1. The van der Waals surface area contributed by atoms with Crippen LogP contribution in [0, 0.1) is 0 Å². The Kier molecular flexibility index (Phi) is 7.06. The number of halogens is 3. The molecule has 1 amide bonds. The van der Waals surface area contributed by atoms with Crippen molar-refractivity contribution in [1.82, 2.24) is 9.78 Å². The number of nitrogens with zero attached hydrogens (tertiary/aromatic N) is 2. The largest absolute Gasteiger partial charge is 0.484 e. The van der Waals surface area contributed by atoms with Crippen molar-refractivity contribution in [2.24, 2.45) is 0 Å². The zero-order chi connectivity index (χ0) is 25.9. The van der Waals surface area contributed by atoms with E-state index in [2.05, 4.69) is 10.4 Å². The van der Waals surface area contributed by atoms with E-state index >= 15 is 0 Å². The van der Waals surface area contributed by atoms with Crippen molar-refractivity contribution in [2.45, 2.75) is 13.1 Å². The van der Waals surface area contributed by atoms with Gasteiger partial charge in [-0.15, -0.1) is 11.3 Å². The maximum atomic E-state index is 13.3. The molecule has 4 aromatic rings. The van der Waals surface area contributed by atoms with Crippen molar-refractivity contribution in [1.29, 1.82) is 0 Å². The number of amides is 1. The summed E-state index contributed by atoms with van der Waals surface area (Å²) in [5.41, 5.74) is -1.87. The van der Waals surface area contributed by atoms with Crippen LogP contribution in [0.2, 0.25) is 0 Å². The summed E-state index contributed by atoms with van der Waals surface area (Å²) >= 11 is 0.989. The Balaban J connectivity index is 1.74. The number of anilines is 1. The number of rotatable bonds is 7. The molecule has 0 atom stereocenters. The van der Waals surface area contributed by atoms with E-state index in [0.29, 0.717) is 5.75 Å². The van der Waals surface area contributed by atoms with Gasteiger partial charge in [0.1, 0.15) is 10.8 Å². The molecule has 186 valence electrons. The van der Waals surface area contributed by atoms with Crippen molar-refractivity contribution >= 4 is 39.0 Å². The molecule has 0 unspecified atom stereocenters. The molecule has 12 heteroatoms. The number of carbonyl (C=O) groups is 2. The van der Waals surface area contributed by atoms with Crippen molar-refractivity contribution in [2.75, 3.05) is 18.5 Å². The van der Waals surface area contributed by atoms with Gasteiger partial charge < -0.3 is 14.8 Å². The number of aromatic nitrogens is 2. The van der Waals surface area contributed by atoms with Crippen molar-refractivity contribution < 1.29 is 32.2 Å². The van der Waals surface area contributed by atoms with Gasteiger partial charge in [0.2, 0.25) is 0 Å². The van der Waals surface area contributed by atoms with Gasteiger partial charge in [0.15, 0.2) is 12.3 Å². The molecule has 0 spiro atoms. The third-order valence-corrected chi connectivity index (χ3v) is 5.82. The number of fused-ring (bicyclic) bond motifs is 1. The SMILES string of the molecule is CCOC(=O)c1nn(-c2ccc(C(F)(F)F)cc2)c(=O)c2c(NC(=O)COc3ccccc3)scc12. The van der Waals surface area contributed by atoms with Crippen LogP contribution in [-0.4, -0.2) is 34.9 Å². The zero-order valence-electron chi connectivity index (χ0n) is 18.7. The molecule has 0 radical (unpaired) electrons. The summed E-state index contributed by atoms with van der Waals surface area (Å²) in [5.74, 6) is -0.911. The van der Waals surface area contributed by atoms with Crippen LogP contribution in [0.3, 0.4) is 0 Å². The summed E-state index contributed by atoms with van der Waals surface area (Å²) < 4.78 is 50.2. The normalized spacial score (nSPS) is 11.3. The fraction of sp³-hybridized carbons (Fsp3) is 0.167. The minimum Gasteiger partial charge on any atom is -0.484 e. The van der Waals surface area contributed by atoms with Crippen LogP contribution in [0.1, 0.15) is 23.0 Å². The first kappa shape index (κ1) is 24.9. The van der Waals surface area contributed by atoms with Crippen LogP contribution in [0.15, 0.2) is 64.8 Å². The Labute approximate surface area is 205 Å². The number of thiophene rings is 1. The lowest BCUT2D eigenvalue weighted by molar-refractivity contribution is -0.137. The van der Waals surface area contributed by atoms with Gasteiger partial charge in [0, 0.05) is 10.8 Å². The molecule has 2 heterocycles. The first-order valence-corrected chi connectivity index (χ1v) is 11.4. The van der Waals surface area contributed by atoms with Crippen LogP contribution in [0.25, 0.3) is 16.5 Å². The van der Waals surface area contributed by atoms with Crippen LogP contribution in [0.4, 0.5) is 18.2 Å². The Morgan fingerprint density at radius 3 is 2.42 bits per heavy atom. The molecule has 2 aromatic heterocycles. The predicted molar refractivity (Wildman–Crippen MR) is 127 cm³/mol. The summed E-state index contributed by atoms with van der Waals surface area (Å²) in [5, 5.41) is 8.37. The molecule has 0 aliphatic rings. The Morgan fingerprint density at radius 1 is 1.08 bits per heavy atom. The van der Waals surface area contributed by atoms with Gasteiger partial charge in [-0.05, 0) is 43.3 Å². The molecule has 0 bridgehead atoms. The van der Waals surface area contributed by atoms with Crippen molar-refractivity contribution in [3.05, 3.63) is 81.6 Å². The van der Waals surface area contributed by atoms with Gasteiger partial charge in [0.25, 0.3) is 11.5 Å². The predicted octanol–water partition coefficient (Wildman–Crippen LogP) is 4.66. The fourth-order valence-corrected chi connectivity index (χ4v) is 4.24. The zero-order valence-corrected chi connectivity index (χ0v) is 19.5. The van der Waals surface area contributed by atoms with Crippen molar-refractivity contribution in [3.63, 3.8) is 0 Å². The molecular weight excluding hydrogens is 499 g/mol. The quantitative estimate of drug-likeness (QED) is 0.358. The van der Waals surface area contributed by atoms with Crippen LogP contribution < -0.4 is 15.6 Å².